The van der Waals surface area contributed by atoms with Crippen LogP contribution in [0.15, 0.2) is 36.5 Å². The van der Waals surface area contributed by atoms with Crippen LogP contribution in [0, 0.1) is 0 Å². The molecule has 1 aromatic heterocycles. The molecule has 2 rings (SSSR count). The molecule has 1 amide bonds. The number of allylic oxidation sites excluding steroid dienone is 1. The predicted octanol–water partition coefficient (Wildman–Crippen LogP) is 2.46. The van der Waals surface area contributed by atoms with E-state index < -0.39 is 0 Å². The van der Waals surface area contributed by atoms with Crippen molar-refractivity contribution in [2.24, 2.45) is 0 Å². The summed E-state index contributed by atoms with van der Waals surface area (Å²) in [7, 11) is 0. The maximum absolute atomic E-state index is 11.4. The number of pyridine rings is 1. The fraction of sp³-hybridized carbons (Fsp3) is 0.467. The van der Waals surface area contributed by atoms with Crippen LogP contribution in [0.4, 0.5) is 0 Å². The number of ether oxygens (including phenoxy) is 1. The molecule has 1 fully saturated rings. The minimum absolute atomic E-state index is 0.00315. The SMILES string of the molecule is C/C=C/C(=O)NC1CCC(Oc2ccccn2)CC1. The third-order valence-corrected chi connectivity index (χ3v) is 3.26. The van der Waals surface area contributed by atoms with Gasteiger partial charge in [0.05, 0.1) is 0 Å². The van der Waals surface area contributed by atoms with Crippen LogP contribution in [-0.4, -0.2) is 23.0 Å². The van der Waals surface area contributed by atoms with E-state index in [1.807, 2.05) is 25.1 Å². The van der Waals surface area contributed by atoms with Gasteiger partial charge in [-0.05, 0) is 44.7 Å². The average molecular weight is 260 g/mol. The zero-order valence-corrected chi connectivity index (χ0v) is 11.2. The molecule has 1 aliphatic rings. The molecule has 0 bridgehead atoms. The third-order valence-electron chi connectivity index (χ3n) is 3.26. The molecular formula is C15H20N2O2. The highest BCUT2D eigenvalue weighted by atomic mass is 16.5. The lowest BCUT2D eigenvalue weighted by Crippen LogP contribution is -2.39. The van der Waals surface area contributed by atoms with Gasteiger partial charge in [0.1, 0.15) is 6.10 Å². The molecule has 4 heteroatoms. The average Bonchev–Trinajstić information content (AvgIpc) is 2.42. The van der Waals surface area contributed by atoms with Crippen LogP contribution >= 0.6 is 0 Å². The van der Waals surface area contributed by atoms with E-state index in [-0.39, 0.29) is 18.1 Å². The van der Waals surface area contributed by atoms with Crippen molar-refractivity contribution in [3.8, 4) is 5.88 Å². The molecule has 102 valence electrons. The maximum Gasteiger partial charge on any atom is 0.243 e. The summed E-state index contributed by atoms with van der Waals surface area (Å²) in [5.74, 6) is 0.681. The van der Waals surface area contributed by atoms with Crippen molar-refractivity contribution in [2.75, 3.05) is 0 Å². The molecular weight excluding hydrogens is 240 g/mol. The largest absolute Gasteiger partial charge is 0.474 e. The van der Waals surface area contributed by atoms with Crippen LogP contribution in [0.2, 0.25) is 0 Å². The summed E-state index contributed by atoms with van der Waals surface area (Å²) in [6.07, 6.45) is 9.10. The zero-order chi connectivity index (χ0) is 13.5. The first-order valence-electron chi connectivity index (χ1n) is 6.79. The second-order valence-corrected chi connectivity index (χ2v) is 4.77. The van der Waals surface area contributed by atoms with Gasteiger partial charge in [0.2, 0.25) is 11.8 Å². The lowest BCUT2D eigenvalue weighted by molar-refractivity contribution is -0.117. The van der Waals surface area contributed by atoms with Crippen molar-refractivity contribution in [3.05, 3.63) is 36.5 Å². The number of hydrogen-bond acceptors (Lipinski definition) is 3. The van der Waals surface area contributed by atoms with Gasteiger partial charge in [0, 0.05) is 18.3 Å². The Morgan fingerprint density at radius 2 is 2.16 bits per heavy atom. The minimum atomic E-state index is -0.00315. The number of aromatic nitrogens is 1. The quantitative estimate of drug-likeness (QED) is 0.846. The van der Waals surface area contributed by atoms with Crippen molar-refractivity contribution in [1.29, 1.82) is 0 Å². The van der Waals surface area contributed by atoms with Crippen molar-refractivity contribution in [3.63, 3.8) is 0 Å². The van der Waals surface area contributed by atoms with Gasteiger partial charge < -0.3 is 10.1 Å². The maximum atomic E-state index is 11.4. The molecule has 0 aliphatic heterocycles. The lowest BCUT2D eigenvalue weighted by Gasteiger charge is -2.28. The van der Waals surface area contributed by atoms with E-state index in [0.29, 0.717) is 5.88 Å². The summed E-state index contributed by atoms with van der Waals surface area (Å²) >= 11 is 0. The van der Waals surface area contributed by atoms with Crippen LogP contribution in [0.5, 0.6) is 5.88 Å². The summed E-state index contributed by atoms with van der Waals surface area (Å²) in [5.41, 5.74) is 0. The van der Waals surface area contributed by atoms with Crippen LogP contribution in [0.1, 0.15) is 32.6 Å². The normalized spacial score (nSPS) is 23.2. The summed E-state index contributed by atoms with van der Waals surface area (Å²) in [5, 5.41) is 3.01. The number of nitrogens with zero attached hydrogens (tertiary/aromatic N) is 1. The van der Waals surface area contributed by atoms with Gasteiger partial charge >= 0.3 is 0 Å². The van der Waals surface area contributed by atoms with E-state index in [2.05, 4.69) is 10.3 Å². The Morgan fingerprint density at radius 3 is 2.79 bits per heavy atom. The fourth-order valence-corrected chi connectivity index (χ4v) is 2.31. The van der Waals surface area contributed by atoms with E-state index in [4.69, 9.17) is 4.74 Å². The van der Waals surface area contributed by atoms with Crippen molar-refractivity contribution in [1.82, 2.24) is 10.3 Å². The van der Waals surface area contributed by atoms with Gasteiger partial charge in [-0.3, -0.25) is 4.79 Å². The number of carbonyl (C=O) groups excluding carboxylic acids is 1. The van der Waals surface area contributed by atoms with Crippen LogP contribution in [-0.2, 0) is 4.79 Å². The number of amides is 1. The van der Waals surface area contributed by atoms with Gasteiger partial charge in [0.15, 0.2) is 0 Å². The molecule has 0 radical (unpaired) electrons. The number of carbonyl (C=O) groups is 1. The first-order valence-corrected chi connectivity index (χ1v) is 6.79. The van der Waals surface area contributed by atoms with Crippen molar-refractivity contribution in [2.45, 2.75) is 44.8 Å². The van der Waals surface area contributed by atoms with Gasteiger partial charge in [0.25, 0.3) is 0 Å². The van der Waals surface area contributed by atoms with E-state index in [1.165, 1.54) is 0 Å². The predicted molar refractivity (Wildman–Crippen MR) is 73.9 cm³/mol. The van der Waals surface area contributed by atoms with E-state index >= 15 is 0 Å². The first-order chi connectivity index (χ1) is 9.28. The number of rotatable bonds is 4. The van der Waals surface area contributed by atoms with Crippen molar-refractivity contribution >= 4 is 5.91 Å². The Morgan fingerprint density at radius 1 is 1.37 bits per heavy atom. The van der Waals surface area contributed by atoms with Gasteiger partial charge in [-0.25, -0.2) is 4.98 Å². The monoisotopic (exact) mass is 260 g/mol. The van der Waals surface area contributed by atoms with Crippen LogP contribution in [0.25, 0.3) is 0 Å². The van der Waals surface area contributed by atoms with Gasteiger partial charge in [-0.15, -0.1) is 0 Å². The molecule has 19 heavy (non-hydrogen) atoms. The van der Waals surface area contributed by atoms with Crippen LogP contribution < -0.4 is 10.1 Å². The standard InChI is InChI=1S/C15H20N2O2/c1-2-5-14(18)17-12-7-9-13(10-8-12)19-15-6-3-4-11-16-15/h2-6,11-13H,7-10H2,1H3,(H,17,18)/b5-2+. The fourth-order valence-electron chi connectivity index (χ4n) is 2.31. The first kappa shape index (κ1) is 13.6. The third kappa shape index (κ3) is 4.39. The molecule has 0 atom stereocenters. The van der Waals surface area contributed by atoms with Gasteiger partial charge in [-0.1, -0.05) is 12.1 Å². The molecule has 1 aromatic rings. The Bertz CT molecular complexity index is 423. The lowest BCUT2D eigenvalue weighted by atomic mass is 9.93. The summed E-state index contributed by atoms with van der Waals surface area (Å²) in [4.78, 5) is 15.6. The molecule has 1 N–H and O–H groups in total. The Hall–Kier alpha value is -1.84. The Kier molecular flexibility index (Phi) is 4.95. The van der Waals surface area contributed by atoms with Gasteiger partial charge in [-0.2, -0.15) is 0 Å². The number of nitrogens with one attached hydrogen (secondary N) is 1. The summed E-state index contributed by atoms with van der Waals surface area (Å²) in [6, 6.07) is 5.94. The Balaban J connectivity index is 1.75. The highest BCUT2D eigenvalue weighted by Gasteiger charge is 2.23. The second kappa shape index (κ2) is 6.92. The van der Waals surface area contributed by atoms with E-state index in [9.17, 15) is 4.79 Å². The molecule has 0 aromatic carbocycles. The summed E-state index contributed by atoms with van der Waals surface area (Å²) in [6.45, 7) is 1.84. The second-order valence-electron chi connectivity index (χ2n) is 4.77. The van der Waals surface area contributed by atoms with Crippen LogP contribution in [0.3, 0.4) is 0 Å². The molecule has 1 saturated carbocycles. The molecule has 4 nitrogen and oxygen atoms in total. The smallest absolute Gasteiger partial charge is 0.243 e. The summed E-state index contributed by atoms with van der Waals surface area (Å²) < 4.78 is 5.82. The Labute approximate surface area is 113 Å². The molecule has 0 saturated heterocycles. The van der Waals surface area contributed by atoms with E-state index in [0.717, 1.165) is 25.7 Å². The molecule has 0 unspecified atom stereocenters. The molecule has 0 spiro atoms. The van der Waals surface area contributed by atoms with Crippen molar-refractivity contribution < 1.29 is 9.53 Å². The topological polar surface area (TPSA) is 51.2 Å². The highest BCUT2D eigenvalue weighted by molar-refractivity contribution is 5.87. The minimum Gasteiger partial charge on any atom is -0.474 e. The molecule has 1 aliphatic carbocycles. The van der Waals surface area contributed by atoms with E-state index in [1.54, 1.807) is 18.3 Å². The molecule has 1 heterocycles. The zero-order valence-electron chi connectivity index (χ0n) is 11.2. The number of hydrogen-bond donors (Lipinski definition) is 1. The highest BCUT2D eigenvalue weighted by Crippen LogP contribution is 2.22.